The van der Waals surface area contributed by atoms with Gasteiger partial charge in [0, 0.05) is 23.5 Å². The summed E-state index contributed by atoms with van der Waals surface area (Å²) in [7, 11) is 4.00. The number of benzene rings is 3. The van der Waals surface area contributed by atoms with Crippen LogP contribution in [0.2, 0.25) is 0 Å². The molecule has 0 saturated heterocycles. The number of aromatic nitrogens is 1. The number of para-hydroxylation sites is 1. The van der Waals surface area contributed by atoms with Crippen LogP contribution in [0, 0.1) is 0 Å². The molecule has 0 N–H and O–H groups in total. The van der Waals surface area contributed by atoms with Crippen LogP contribution >= 0.6 is 35.5 Å². The lowest BCUT2D eigenvalue weighted by atomic mass is 10.2. The van der Waals surface area contributed by atoms with Crippen molar-refractivity contribution in [3.63, 3.8) is 0 Å². The van der Waals surface area contributed by atoms with Crippen molar-refractivity contribution in [3.05, 3.63) is 78.4 Å². The van der Waals surface area contributed by atoms with Crippen molar-refractivity contribution in [2.24, 2.45) is 0 Å². The maximum absolute atomic E-state index is 13.6. The number of amides is 1. The molecule has 0 saturated carbocycles. The number of hydrogen-bond acceptors (Lipinski definition) is 6. The van der Waals surface area contributed by atoms with Gasteiger partial charge in [0.25, 0.3) is 5.91 Å². The summed E-state index contributed by atoms with van der Waals surface area (Å²) in [5.41, 5.74) is 1.48. The van der Waals surface area contributed by atoms with Gasteiger partial charge in [-0.15, -0.1) is 24.2 Å². The molecule has 3 aromatic carbocycles. The predicted molar refractivity (Wildman–Crippen MR) is 142 cm³/mol. The number of nitrogens with zero attached hydrogens (tertiary/aromatic N) is 3. The highest BCUT2D eigenvalue weighted by Crippen LogP contribution is 2.32. The molecule has 1 heterocycles. The van der Waals surface area contributed by atoms with Gasteiger partial charge in [-0.05, 0) is 68.9 Å². The van der Waals surface area contributed by atoms with E-state index in [0.29, 0.717) is 23.0 Å². The summed E-state index contributed by atoms with van der Waals surface area (Å²) in [6, 6.07) is 23.1. The van der Waals surface area contributed by atoms with E-state index in [0.717, 1.165) is 22.5 Å². The Morgan fingerprint density at radius 3 is 2.45 bits per heavy atom. The van der Waals surface area contributed by atoms with E-state index in [1.54, 1.807) is 34.1 Å². The van der Waals surface area contributed by atoms with E-state index in [-0.39, 0.29) is 18.3 Å². The number of ether oxygens (including phenoxy) is 1. The molecule has 5 nitrogen and oxygen atoms in total. The number of likely N-dealkylation sites (N-methyl/N-ethyl adjacent to an activating group) is 1. The first-order chi connectivity index (χ1) is 15.5. The van der Waals surface area contributed by atoms with Gasteiger partial charge in [0.05, 0.1) is 10.2 Å². The normalized spacial score (nSPS) is 10.8. The Kier molecular flexibility index (Phi) is 8.74. The van der Waals surface area contributed by atoms with E-state index in [1.165, 1.54) is 4.90 Å². The van der Waals surface area contributed by atoms with E-state index >= 15 is 0 Å². The van der Waals surface area contributed by atoms with Gasteiger partial charge in [0.1, 0.15) is 11.5 Å². The predicted octanol–water partition coefficient (Wildman–Crippen LogP) is 6.44. The topological polar surface area (TPSA) is 45.7 Å². The summed E-state index contributed by atoms with van der Waals surface area (Å²) in [5.74, 6) is 1.27. The minimum atomic E-state index is -0.0884. The monoisotopic (exact) mass is 499 g/mol. The molecule has 8 heteroatoms. The third-order valence-corrected chi connectivity index (χ3v) is 6.66. The quantitative estimate of drug-likeness (QED) is 0.261. The molecule has 4 rings (SSSR count). The molecule has 0 atom stereocenters. The molecule has 0 aliphatic heterocycles. The second-order valence-corrected chi connectivity index (χ2v) is 9.42. The van der Waals surface area contributed by atoms with Crippen LogP contribution in [0.3, 0.4) is 0 Å². The largest absolute Gasteiger partial charge is 0.457 e. The number of carbonyl (C=O) groups excluding carboxylic acids is 1. The number of thiazole rings is 1. The summed E-state index contributed by atoms with van der Waals surface area (Å²) in [6.45, 7) is 1.28. The van der Waals surface area contributed by atoms with Gasteiger partial charge in [0.15, 0.2) is 5.13 Å². The standard InChI is InChI=1S/C25H25N3O2S2.ClH/c1-27(2)14-15-28(25-26-22-13-12-21(31-3)17-23(22)32-25)24(29)18-8-7-11-20(16-18)30-19-9-5-4-6-10-19;/h4-13,16-17H,14-15H2,1-3H3;1H. The molecule has 1 aromatic heterocycles. The number of thioether (sulfide) groups is 1. The number of rotatable bonds is 8. The molecule has 0 fully saturated rings. The van der Waals surface area contributed by atoms with Gasteiger partial charge in [-0.3, -0.25) is 9.69 Å². The van der Waals surface area contributed by atoms with E-state index in [1.807, 2.05) is 68.7 Å². The summed E-state index contributed by atoms with van der Waals surface area (Å²) in [4.78, 5) is 23.4. The van der Waals surface area contributed by atoms with Crippen LogP contribution in [-0.4, -0.2) is 49.2 Å². The Bertz CT molecular complexity index is 1210. The van der Waals surface area contributed by atoms with Gasteiger partial charge < -0.3 is 9.64 Å². The van der Waals surface area contributed by atoms with Crippen LogP contribution in [-0.2, 0) is 0 Å². The van der Waals surface area contributed by atoms with E-state index < -0.39 is 0 Å². The van der Waals surface area contributed by atoms with Crippen molar-refractivity contribution >= 4 is 56.8 Å². The first-order valence-corrected chi connectivity index (χ1v) is 12.3. The van der Waals surface area contributed by atoms with Crippen molar-refractivity contribution in [1.29, 1.82) is 0 Å². The fourth-order valence-corrected chi connectivity index (χ4v) is 4.74. The van der Waals surface area contributed by atoms with Crippen LogP contribution in [0.4, 0.5) is 5.13 Å². The summed E-state index contributed by atoms with van der Waals surface area (Å²) in [5, 5.41) is 0.708. The molecule has 0 aliphatic rings. The Morgan fingerprint density at radius 1 is 0.970 bits per heavy atom. The second-order valence-electron chi connectivity index (χ2n) is 7.53. The Labute approximate surface area is 208 Å². The van der Waals surface area contributed by atoms with Crippen LogP contribution in [0.25, 0.3) is 10.2 Å². The van der Waals surface area contributed by atoms with Crippen molar-refractivity contribution < 1.29 is 9.53 Å². The van der Waals surface area contributed by atoms with Crippen LogP contribution in [0.15, 0.2) is 77.7 Å². The first kappa shape index (κ1) is 25.1. The average Bonchev–Trinajstić information content (AvgIpc) is 3.22. The van der Waals surface area contributed by atoms with Gasteiger partial charge >= 0.3 is 0 Å². The number of anilines is 1. The van der Waals surface area contributed by atoms with Gasteiger partial charge in [-0.2, -0.15) is 0 Å². The number of halogens is 1. The fourth-order valence-electron chi connectivity index (χ4n) is 3.19. The maximum Gasteiger partial charge on any atom is 0.260 e. The molecule has 1 amide bonds. The third kappa shape index (κ3) is 6.26. The lowest BCUT2D eigenvalue weighted by molar-refractivity contribution is 0.0985. The van der Waals surface area contributed by atoms with E-state index in [2.05, 4.69) is 23.3 Å². The summed E-state index contributed by atoms with van der Waals surface area (Å²) in [6.07, 6.45) is 2.06. The minimum absolute atomic E-state index is 0. The molecule has 33 heavy (non-hydrogen) atoms. The van der Waals surface area contributed by atoms with Gasteiger partial charge in [-0.25, -0.2) is 4.98 Å². The van der Waals surface area contributed by atoms with Gasteiger partial charge in [0.2, 0.25) is 0 Å². The number of hydrogen-bond donors (Lipinski definition) is 0. The van der Waals surface area contributed by atoms with Crippen LogP contribution in [0.5, 0.6) is 11.5 Å². The Hall–Kier alpha value is -2.58. The highest BCUT2D eigenvalue weighted by molar-refractivity contribution is 7.98. The van der Waals surface area contributed by atoms with Crippen molar-refractivity contribution in [1.82, 2.24) is 9.88 Å². The fraction of sp³-hybridized carbons (Fsp3) is 0.200. The van der Waals surface area contributed by atoms with Crippen molar-refractivity contribution in [2.75, 3.05) is 38.3 Å². The summed E-state index contributed by atoms with van der Waals surface area (Å²) < 4.78 is 7.01. The first-order valence-electron chi connectivity index (χ1n) is 10.3. The third-order valence-electron chi connectivity index (χ3n) is 4.89. The smallest absolute Gasteiger partial charge is 0.260 e. The highest BCUT2D eigenvalue weighted by atomic mass is 35.5. The van der Waals surface area contributed by atoms with Crippen LogP contribution < -0.4 is 9.64 Å². The highest BCUT2D eigenvalue weighted by Gasteiger charge is 2.22. The van der Waals surface area contributed by atoms with Crippen LogP contribution in [0.1, 0.15) is 10.4 Å². The second kappa shape index (κ2) is 11.5. The molecule has 0 unspecified atom stereocenters. The zero-order valence-corrected chi connectivity index (χ0v) is 21.2. The van der Waals surface area contributed by atoms with Crippen molar-refractivity contribution in [2.45, 2.75) is 4.90 Å². The zero-order chi connectivity index (χ0) is 22.5. The Morgan fingerprint density at radius 2 is 1.73 bits per heavy atom. The zero-order valence-electron chi connectivity index (χ0n) is 18.7. The lowest BCUT2D eigenvalue weighted by Crippen LogP contribution is -2.36. The maximum atomic E-state index is 13.6. The molecule has 0 radical (unpaired) electrons. The molecular weight excluding hydrogens is 474 g/mol. The summed E-state index contributed by atoms with van der Waals surface area (Å²) >= 11 is 3.25. The average molecular weight is 500 g/mol. The molecule has 4 aromatic rings. The van der Waals surface area contributed by atoms with E-state index in [9.17, 15) is 4.79 Å². The molecule has 0 aliphatic carbocycles. The number of fused-ring (bicyclic) bond motifs is 1. The van der Waals surface area contributed by atoms with Gasteiger partial charge in [-0.1, -0.05) is 35.6 Å². The van der Waals surface area contributed by atoms with Crippen molar-refractivity contribution in [3.8, 4) is 11.5 Å². The molecule has 0 bridgehead atoms. The lowest BCUT2D eigenvalue weighted by Gasteiger charge is -2.22. The SMILES string of the molecule is CSc1ccc2nc(N(CCN(C)C)C(=O)c3cccc(Oc4ccccc4)c3)sc2c1.Cl. The molecule has 172 valence electrons. The molecule has 0 spiro atoms. The Balaban J connectivity index is 0.00000306. The van der Waals surface area contributed by atoms with E-state index in [4.69, 9.17) is 9.72 Å². The molecular formula is C25H26ClN3O2S2. The number of carbonyl (C=O) groups is 1. The minimum Gasteiger partial charge on any atom is -0.457 e.